The van der Waals surface area contributed by atoms with Crippen molar-refractivity contribution in [2.24, 2.45) is 5.73 Å². The van der Waals surface area contributed by atoms with Crippen LogP contribution in [0.2, 0.25) is 0 Å². The summed E-state index contributed by atoms with van der Waals surface area (Å²) in [7, 11) is 0. The van der Waals surface area contributed by atoms with E-state index in [1.54, 1.807) is 12.1 Å². The van der Waals surface area contributed by atoms with Gasteiger partial charge < -0.3 is 11.1 Å². The lowest BCUT2D eigenvalue weighted by molar-refractivity contribution is 0.0992. The van der Waals surface area contributed by atoms with Crippen molar-refractivity contribution in [2.75, 3.05) is 5.32 Å². The number of primary amides is 1. The van der Waals surface area contributed by atoms with Gasteiger partial charge in [-0.1, -0.05) is 6.07 Å². The summed E-state index contributed by atoms with van der Waals surface area (Å²) >= 11 is 3.15. The Bertz CT molecular complexity index is 691. The third-order valence-electron chi connectivity index (χ3n) is 2.44. The van der Waals surface area contributed by atoms with E-state index in [4.69, 9.17) is 5.73 Å². The molecule has 0 aliphatic heterocycles. The van der Waals surface area contributed by atoms with Crippen molar-refractivity contribution in [2.45, 2.75) is 0 Å². The molecule has 5 nitrogen and oxygen atoms in total. The van der Waals surface area contributed by atoms with Gasteiger partial charge in [-0.25, -0.2) is 9.37 Å². The summed E-state index contributed by atoms with van der Waals surface area (Å²) in [5.41, 5.74) is 5.19. The highest BCUT2D eigenvalue weighted by atomic mass is 79.9. The number of amides is 2. The van der Waals surface area contributed by atoms with E-state index in [0.29, 0.717) is 4.60 Å². The molecule has 0 saturated heterocycles. The summed E-state index contributed by atoms with van der Waals surface area (Å²) in [6.07, 6.45) is 0. The second-order valence-electron chi connectivity index (χ2n) is 3.86. The molecule has 20 heavy (non-hydrogen) atoms. The molecule has 0 bridgehead atoms. The normalized spacial score (nSPS) is 10.1. The smallest absolute Gasteiger partial charge is 0.274 e. The second-order valence-corrected chi connectivity index (χ2v) is 4.67. The molecule has 102 valence electrons. The molecule has 0 aliphatic rings. The molecule has 0 aliphatic carbocycles. The Kier molecular flexibility index (Phi) is 4.09. The molecule has 0 saturated carbocycles. The molecule has 0 radical (unpaired) electrons. The highest BCUT2D eigenvalue weighted by Gasteiger charge is 2.12. The summed E-state index contributed by atoms with van der Waals surface area (Å²) in [6.45, 7) is 0. The number of hydrogen-bond donors (Lipinski definition) is 2. The third kappa shape index (κ3) is 3.18. The van der Waals surface area contributed by atoms with Crippen LogP contribution in [0.15, 0.2) is 41.0 Å². The lowest BCUT2D eigenvalue weighted by Crippen LogP contribution is -2.16. The highest BCUT2D eigenvalue weighted by molar-refractivity contribution is 9.10. The van der Waals surface area contributed by atoms with E-state index in [2.05, 4.69) is 26.2 Å². The molecule has 1 heterocycles. The number of benzene rings is 1. The minimum atomic E-state index is -0.904. The molecule has 7 heteroatoms. The van der Waals surface area contributed by atoms with Crippen molar-refractivity contribution in [1.29, 1.82) is 0 Å². The van der Waals surface area contributed by atoms with Crippen molar-refractivity contribution < 1.29 is 14.0 Å². The first-order valence-corrected chi connectivity index (χ1v) is 6.30. The van der Waals surface area contributed by atoms with Crippen LogP contribution < -0.4 is 11.1 Å². The second kappa shape index (κ2) is 5.79. The molecule has 0 atom stereocenters. The number of nitrogens with two attached hydrogens (primary N) is 1. The number of pyridine rings is 1. The first-order valence-electron chi connectivity index (χ1n) is 5.50. The van der Waals surface area contributed by atoms with Crippen LogP contribution in [0.4, 0.5) is 10.1 Å². The molecule has 0 unspecified atom stereocenters. The van der Waals surface area contributed by atoms with Crippen molar-refractivity contribution >= 4 is 33.4 Å². The molecular weight excluding hydrogens is 329 g/mol. The van der Waals surface area contributed by atoms with Gasteiger partial charge in [0.2, 0.25) is 0 Å². The van der Waals surface area contributed by atoms with Crippen molar-refractivity contribution in [3.8, 4) is 0 Å². The van der Waals surface area contributed by atoms with Gasteiger partial charge in [0.1, 0.15) is 16.1 Å². The third-order valence-corrected chi connectivity index (χ3v) is 2.88. The molecular formula is C13H9BrFN3O2. The molecule has 1 aromatic carbocycles. The molecule has 2 amide bonds. The quantitative estimate of drug-likeness (QED) is 0.843. The minimum Gasteiger partial charge on any atom is -0.366 e. The Balaban J connectivity index is 2.24. The number of hydrogen-bond acceptors (Lipinski definition) is 3. The van der Waals surface area contributed by atoms with E-state index in [-0.39, 0.29) is 16.9 Å². The topological polar surface area (TPSA) is 85.1 Å². The summed E-state index contributed by atoms with van der Waals surface area (Å²) in [6, 6.07) is 8.43. The van der Waals surface area contributed by atoms with Crippen LogP contribution in [0.1, 0.15) is 20.8 Å². The van der Waals surface area contributed by atoms with E-state index in [0.717, 1.165) is 6.07 Å². The van der Waals surface area contributed by atoms with Crippen LogP contribution in [-0.4, -0.2) is 16.8 Å². The average Bonchev–Trinajstić information content (AvgIpc) is 2.40. The average molecular weight is 338 g/mol. The maximum atomic E-state index is 13.3. The van der Waals surface area contributed by atoms with Gasteiger partial charge in [0, 0.05) is 5.69 Å². The number of anilines is 1. The number of carbonyl (C=O) groups is 2. The van der Waals surface area contributed by atoms with Crippen LogP contribution in [-0.2, 0) is 0 Å². The number of aromatic nitrogens is 1. The van der Waals surface area contributed by atoms with Gasteiger partial charge in [-0.05, 0) is 46.3 Å². The summed E-state index contributed by atoms with van der Waals surface area (Å²) in [4.78, 5) is 26.9. The van der Waals surface area contributed by atoms with Gasteiger partial charge in [0.15, 0.2) is 0 Å². The molecule has 0 fully saturated rings. The van der Waals surface area contributed by atoms with Gasteiger partial charge in [0.25, 0.3) is 11.8 Å². The Labute approximate surface area is 122 Å². The van der Waals surface area contributed by atoms with Gasteiger partial charge in [-0.15, -0.1) is 0 Å². The number of nitrogens with one attached hydrogen (secondary N) is 1. The van der Waals surface area contributed by atoms with E-state index < -0.39 is 17.6 Å². The molecule has 2 aromatic rings. The molecule has 3 N–H and O–H groups in total. The number of nitrogens with zero attached hydrogens (tertiary/aromatic N) is 1. The predicted molar refractivity (Wildman–Crippen MR) is 74.8 cm³/mol. The Hall–Kier alpha value is -2.28. The van der Waals surface area contributed by atoms with Gasteiger partial charge in [0.05, 0.1) is 5.56 Å². The minimum absolute atomic E-state index is 0.185. The fourth-order valence-corrected chi connectivity index (χ4v) is 1.87. The zero-order chi connectivity index (χ0) is 14.7. The van der Waals surface area contributed by atoms with Gasteiger partial charge in [-0.3, -0.25) is 9.59 Å². The Morgan fingerprint density at radius 1 is 1.25 bits per heavy atom. The number of rotatable bonds is 3. The Morgan fingerprint density at radius 3 is 2.65 bits per heavy atom. The number of carbonyl (C=O) groups excluding carboxylic acids is 2. The van der Waals surface area contributed by atoms with E-state index in [1.807, 2.05) is 0 Å². The van der Waals surface area contributed by atoms with Gasteiger partial charge in [-0.2, -0.15) is 0 Å². The van der Waals surface area contributed by atoms with Crippen molar-refractivity contribution in [3.05, 3.63) is 58.1 Å². The maximum Gasteiger partial charge on any atom is 0.274 e. The molecule has 2 rings (SSSR count). The molecule has 1 aromatic heterocycles. The zero-order valence-electron chi connectivity index (χ0n) is 10.1. The van der Waals surface area contributed by atoms with Gasteiger partial charge >= 0.3 is 0 Å². The maximum absolute atomic E-state index is 13.3. The molecule has 0 spiro atoms. The first-order chi connectivity index (χ1) is 9.47. The van der Waals surface area contributed by atoms with Crippen LogP contribution in [0, 0.1) is 5.82 Å². The van der Waals surface area contributed by atoms with Crippen molar-refractivity contribution in [1.82, 2.24) is 4.98 Å². The largest absolute Gasteiger partial charge is 0.366 e. The summed E-state index contributed by atoms with van der Waals surface area (Å²) in [5, 5.41) is 2.51. The lowest BCUT2D eigenvalue weighted by Gasteiger charge is -2.06. The zero-order valence-corrected chi connectivity index (χ0v) is 11.6. The summed E-state index contributed by atoms with van der Waals surface area (Å²) in [5.74, 6) is -2.12. The van der Waals surface area contributed by atoms with Crippen molar-refractivity contribution in [3.63, 3.8) is 0 Å². The number of halogens is 2. The Morgan fingerprint density at radius 2 is 2.00 bits per heavy atom. The van der Waals surface area contributed by atoms with Crippen LogP contribution in [0.25, 0.3) is 0 Å². The highest BCUT2D eigenvalue weighted by Crippen LogP contribution is 2.15. The predicted octanol–water partition coefficient (Wildman–Crippen LogP) is 2.33. The van der Waals surface area contributed by atoms with E-state index in [9.17, 15) is 14.0 Å². The first kappa shape index (κ1) is 14.1. The van der Waals surface area contributed by atoms with E-state index >= 15 is 0 Å². The van der Waals surface area contributed by atoms with Crippen LogP contribution in [0.3, 0.4) is 0 Å². The standard InChI is InChI=1S/C13H9BrFN3O2/c14-11-3-1-2-10(18-11)13(20)17-7-4-5-9(15)8(6-7)12(16)19/h1-6H,(H2,16,19)(H,17,20). The van der Waals surface area contributed by atoms with E-state index in [1.165, 1.54) is 18.2 Å². The monoisotopic (exact) mass is 337 g/mol. The fourth-order valence-electron chi connectivity index (χ4n) is 1.52. The van der Waals surface area contributed by atoms with Crippen LogP contribution in [0.5, 0.6) is 0 Å². The summed E-state index contributed by atoms with van der Waals surface area (Å²) < 4.78 is 13.8. The SMILES string of the molecule is NC(=O)c1cc(NC(=O)c2cccc(Br)n2)ccc1F. The van der Waals surface area contributed by atoms with Crippen LogP contribution >= 0.6 is 15.9 Å². The lowest BCUT2D eigenvalue weighted by atomic mass is 10.1. The fraction of sp³-hybridized carbons (Fsp3) is 0.